The number of thiocarbonyl (C=S) groups is 1. The molecule has 116 valence electrons. The summed E-state index contributed by atoms with van der Waals surface area (Å²) in [6.45, 7) is 2.50. The van der Waals surface area contributed by atoms with E-state index in [4.69, 9.17) is 17.4 Å². The van der Waals surface area contributed by atoms with Crippen LogP contribution in [0.2, 0.25) is 0 Å². The second kappa shape index (κ2) is 6.87. The SMILES string of the molecule is Cc1cccc(NC(=S)NCc2ccc(S(N)(=O)=O)cc2)c1. The molecule has 0 spiro atoms. The molecule has 2 aromatic rings. The second-order valence-corrected chi connectivity index (χ2v) is 6.84. The predicted octanol–water partition coefficient (Wildman–Crippen LogP) is 2.13. The number of rotatable bonds is 4. The van der Waals surface area contributed by atoms with Crippen molar-refractivity contribution in [1.29, 1.82) is 0 Å². The summed E-state index contributed by atoms with van der Waals surface area (Å²) >= 11 is 5.23. The van der Waals surface area contributed by atoms with Gasteiger partial charge in [0.25, 0.3) is 0 Å². The summed E-state index contributed by atoms with van der Waals surface area (Å²) in [7, 11) is -3.65. The number of benzene rings is 2. The summed E-state index contributed by atoms with van der Waals surface area (Å²) < 4.78 is 22.3. The van der Waals surface area contributed by atoms with E-state index in [2.05, 4.69) is 10.6 Å². The third kappa shape index (κ3) is 4.80. The van der Waals surface area contributed by atoms with E-state index in [1.54, 1.807) is 12.1 Å². The van der Waals surface area contributed by atoms with Crippen LogP contribution in [0.5, 0.6) is 0 Å². The van der Waals surface area contributed by atoms with Crippen molar-refractivity contribution < 1.29 is 8.42 Å². The van der Waals surface area contributed by atoms with Crippen LogP contribution in [0.1, 0.15) is 11.1 Å². The van der Waals surface area contributed by atoms with Gasteiger partial charge >= 0.3 is 0 Å². The molecule has 2 rings (SSSR count). The molecule has 0 atom stereocenters. The van der Waals surface area contributed by atoms with Crippen LogP contribution in [0.15, 0.2) is 53.4 Å². The molecule has 0 fully saturated rings. The lowest BCUT2D eigenvalue weighted by Crippen LogP contribution is -2.27. The molecule has 5 nitrogen and oxygen atoms in total. The molecule has 0 aliphatic rings. The fourth-order valence-electron chi connectivity index (χ4n) is 1.88. The van der Waals surface area contributed by atoms with Crippen molar-refractivity contribution in [2.24, 2.45) is 5.14 Å². The minimum Gasteiger partial charge on any atom is -0.358 e. The number of hydrogen-bond donors (Lipinski definition) is 3. The van der Waals surface area contributed by atoms with E-state index in [1.807, 2.05) is 31.2 Å². The Hall–Kier alpha value is -1.96. The molecular formula is C15H17N3O2S2. The lowest BCUT2D eigenvalue weighted by atomic mass is 10.2. The van der Waals surface area contributed by atoms with Gasteiger partial charge in [-0.05, 0) is 54.5 Å². The Morgan fingerprint density at radius 2 is 1.86 bits per heavy atom. The van der Waals surface area contributed by atoms with Crippen LogP contribution in [0.25, 0.3) is 0 Å². The highest BCUT2D eigenvalue weighted by Gasteiger charge is 2.06. The van der Waals surface area contributed by atoms with Gasteiger partial charge in [-0.15, -0.1) is 0 Å². The molecule has 0 bridgehead atoms. The van der Waals surface area contributed by atoms with Crippen molar-refractivity contribution in [3.05, 3.63) is 59.7 Å². The van der Waals surface area contributed by atoms with Crippen molar-refractivity contribution in [2.75, 3.05) is 5.32 Å². The summed E-state index contributed by atoms with van der Waals surface area (Å²) in [6, 6.07) is 14.2. The standard InChI is InChI=1S/C15H17N3O2S2/c1-11-3-2-4-13(9-11)18-15(21)17-10-12-5-7-14(8-6-12)22(16,19)20/h2-9H,10H2,1H3,(H2,16,19,20)(H2,17,18,21). The Bertz CT molecular complexity index is 772. The zero-order valence-corrected chi connectivity index (χ0v) is 13.7. The normalized spacial score (nSPS) is 11.0. The van der Waals surface area contributed by atoms with E-state index < -0.39 is 10.0 Å². The Labute approximate surface area is 135 Å². The molecule has 22 heavy (non-hydrogen) atoms. The maximum Gasteiger partial charge on any atom is 0.238 e. The highest BCUT2D eigenvalue weighted by atomic mass is 32.2. The Balaban J connectivity index is 1.91. The fraction of sp³-hybridized carbons (Fsp3) is 0.133. The van der Waals surface area contributed by atoms with Gasteiger partial charge in [-0.2, -0.15) is 0 Å². The van der Waals surface area contributed by atoms with Gasteiger partial charge in [0, 0.05) is 12.2 Å². The molecule has 0 unspecified atom stereocenters. The number of nitrogens with one attached hydrogen (secondary N) is 2. The highest BCUT2D eigenvalue weighted by molar-refractivity contribution is 7.89. The van der Waals surface area contributed by atoms with E-state index in [9.17, 15) is 8.42 Å². The predicted molar refractivity (Wildman–Crippen MR) is 92.1 cm³/mol. The van der Waals surface area contributed by atoms with Gasteiger partial charge in [0.1, 0.15) is 0 Å². The van der Waals surface area contributed by atoms with Gasteiger partial charge in [0.15, 0.2) is 5.11 Å². The molecule has 2 aromatic carbocycles. The highest BCUT2D eigenvalue weighted by Crippen LogP contribution is 2.10. The monoisotopic (exact) mass is 335 g/mol. The van der Waals surface area contributed by atoms with Crippen molar-refractivity contribution in [1.82, 2.24) is 5.32 Å². The minimum atomic E-state index is -3.65. The molecule has 7 heteroatoms. The molecule has 4 N–H and O–H groups in total. The van der Waals surface area contributed by atoms with Gasteiger partial charge < -0.3 is 10.6 Å². The zero-order valence-electron chi connectivity index (χ0n) is 12.0. The molecule has 0 aliphatic carbocycles. The first-order valence-electron chi connectivity index (χ1n) is 6.58. The van der Waals surface area contributed by atoms with E-state index in [0.717, 1.165) is 16.8 Å². The Morgan fingerprint density at radius 3 is 2.45 bits per heavy atom. The fourth-order valence-corrected chi connectivity index (χ4v) is 2.58. The summed E-state index contributed by atoms with van der Waals surface area (Å²) in [5.74, 6) is 0. The largest absolute Gasteiger partial charge is 0.358 e. The lowest BCUT2D eigenvalue weighted by molar-refractivity contribution is 0.597. The molecule has 0 aromatic heterocycles. The molecule has 0 saturated heterocycles. The van der Waals surface area contributed by atoms with Crippen LogP contribution in [0.4, 0.5) is 5.69 Å². The van der Waals surface area contributed by atoms with Gasteiger partial charge in [0.2, 0.25) is 10.0 Å². The Kier molecular flexibility index (Phi) is 5.12. The van der Waals surface area contributed by atoms with Crippen LogP contribution < -0.4 is 15.8 Å². The third-order valence-corrected chi connectivity index (χ3v) is 4.16. The topological polar surface area (TPSA) is 84.2 Å². The smallest absolute Gasteiger partial charge is 0.238 e. The average molecular weight is 335 g/mol. The first kappa shape index (κ1) is 16.4. The van der Waals surface area contributed by atoms with Gasteiger partial charge in [-0.25, -0.2) is 13.6 Å². The number of primary sulfonamides is 1. The lowest BCUT2D eigenvalue weighted by Gasteiger charge is -2.11. The first-order chi connectivity index (χ1) is 10.3. The van der Waals surface area contributed by atoms with Crippen molar-refractivity contribution in [3.63, 3.8) is 0 Å². The molecule has 0 radical (unpaired) electrons. The molecule has 0 heterocycles. The molecular weight excluding hydrogens is 318 g/mol. The summed E-state index contributed by atoms with van der Waals surface area (Å²) in [5.41, 5.74) is 2.97. The summed E-state index contributed by atoms with van der Waals surface area (Å²) in [5, 5.41) is 11.7. The number of aryl methyl sites for hydroxylation is 1. The van der Waals surface area contributed by atoms with Gasteiger partial charge in [-0.1, -0.05) is 24.3 Å². The van der Waals surface area contributed by atoms with Crippen LogP contribution in [-0.2, 0) is 16.6 Å². The van der Waals surface area contributed by atoms with Crippen LogP contribution >= 0.6 is 12.2 Å². The maximum absolute atomic E-state index is 11.2. The maximum atomic E-state index is 11.2. The van der Waals surface area contributed by atoms with Crippen molar-refractivity contribution in [3.8, 4) is 0 Å². The van der Waals surface area contributed by atoms with E-state index in [0.29, 0.717) is 11.7 Å². The number of nitrogens with two attached hydrogens (primary N) is 1. The Morgan fingerprint density at radius 1 is 1.18 bits per heavy atom. The van der Waals surface area contributed by atoms with Gasteiger partial charge in [0.05, 0.1) is 4.90 Å². The van der Waals surface area contributed by atoms with Crippen LogP contribution in [0, 0.1) is 6.92 Å². The van der Waals surface area contributed by atoms with E-state index >= 15 is 0 Å². The average Bonchev–Trinajstić information content (AvgIpc) is 2.45. The number of anilines is 1. The van der Waals surface area contributed by atoms with Crippen molar-refractivity contribution >= 4 is 33.0 Å². The van der Waals surface area contributed by atoms with Crippen LogP contribution in [0.3, 0.4) is 0 Å². The molecule has 0 saturated carbocycles. The molecule has 0 amide bonds. The summed E-state index contributed by atoms with van der Waals surface area (Å²) in [6.07, 6.45) is 0. The zero-order chi connectivity index (χ0) is 16.2. The minimum absolute atomic E-state index is 0.0942. The third-order valence-electron chi connectivity index (χ3n) is 2.98. The van der Waals surface area contributed by atoms with Crippen LogP contribution in [-0.4, -0.2) is 13.5 Å². The molecule has 0 aliphatic heterocycles. The first-order valence-corrected chi connectivity index (χ1v) is 8.53. The van der Waals surface area contributed by atoms with Gasteiger partial charge in [-0.3, -0.25) is 0 Å². The van der Waals surface area contributed by atoms with E-state index in [-0.39, 0.29) is 4.90 Å². The summed E-state index contributed by atoms with van der Waals surface area (Å²) in [4.78, 5) is 0.0942. The second-order valence-electron chi connectivity index (χ2n) is 4.87. The quantitative estimate of drug-likeness (QED) is 0.746. The number of hydrogen-bond acceptors (Lipinski definition) is 3. The number of sulfonamides is 1. The van der Waals surface area contributed by atoms with E-state index in [1.165, 1.54) is 12.1 Å². The van der Waals surface area contributed by atoms with Crippen molar-refractivity contribution in [2.45, 2.75) is 18.4 Å².